The number of ketones is 1. The lowest BCUT2D eigenvalue weighted by atomic mass is 10.00. The quantitative estimate of drug-likeness (QED) is 0.251. The van der Waals surface area contributed by atoms with Gasteiger partial charge in [0.2, 0.25) is 0 Å². The summed E-state index contributed by atoms with van der Waals surface area (Å²) >= 11 is 1.44. The number of benzene rings is 3. The maximum Gasteiger partial charge on any atom is 0.394 e. The number of thiophene rings is 1. The van der Waals surface area contributed by atoms with E-state index in [2.05, 4.69) is 10.6 Å². The predicted octanol–water partition coefficient (Wildman–Crippen LogP) is 4.42. The minimum atomic E-state index is -1.71. The number of aliphatic carboxylic acids is 1. The molecule has 0 bridgehead atoms. The van der Waals surface area contributed by atoms with E-state index >= 15 is 0 Å². The van der Waals surface area contributed by atoms with Crippen molar-refractivity contribution in [2.45, 2.75) is 0 Å². The van der Waals surface area contributed by atoms with Crippen LogP contribution >= 0.6 is 11.3 Å². The molecule has 0 spiro atoms. The third kappa shape index (κ3) is 4.89. The molecule has 0 saturated heterocycles. The molecular formula is C26H20N2O7S. The Balaban J connectivity index is 1.71. The molecule has 0 unspecified atom stereocenters. The Kier molecular flexibility index (Phi) is 6.98. The molecule has 1 aromatic heterocycles. The van der Waals surface area contributed by atoms with E-state index in [1.807, 2.05) is 24.3 Å². The highest BCUT2D eigenvalue weighted by Gasteiger charge is 2.21. The van der Waals surface area contributed by atoms with Gasteiger partial charge in [-0.25, -0.2) is 4.79 Å². The number of fused-ring (bicyclic) bond motifs is 1. The van der Waals surface area contributed by atoms with E-state index in [9.17, 15) is 19.2 Å². The zero-order chi connectivity index (χ0) is 25.8. The number of methoxy groups -OCH3 is 2. The van der Waals surface area contributed by atoms with Crippen LogP contribution in [0.25, 0.3) is 10.1 Å². The van der Waals surface area contributed by atoms with Gasteiger partial charge in [-0.05, 0) is 42.5 Å². The monoisotopic (exact) mass is 504 g/mol. The maximum atomic E-state index is 13.4. The Hall–Kier alpha value is -4.70. The van der Waals surface area contributed by atoms with Crippen molar-refractivity contribution < 1.29 is 33.8 Å². The number of carbonyl (C=O) groups excluding carboxylic acids is 3. The van der Waals surface area contributed by atoms with E-state index in [0.29, 0.717) is 17.1 Å². The van der Waals surface area contributed by atoms with E-state index in [1.165, 1.54) is 55.9 Å². The minimum Gasteiger partial charge on any atom is -0.493 e. The van der Waals surface area contributed by atoms with Crippen LogP contribution in [-0.2, 0) is 9.59 Å². The second-order valence-electron chi connectivity index (χ2n) is 7.52. The van der Waals surface area contributed by atoms with Gasteiger partial charge < -0.3 is 25.2 Å². The van der Waals surface area contributed by atoms with Gasteiger partial charge in [0.1, 0.15) is 0 Å². The van der Waals surface area contributed by atoms with Crippen LogP contribution in [0.1, 0.15) is 26.3 Å². The molecule has 2 amide bonds. The molecule has 0 aliphatic heterocycles. The molecule has 1 heterocycles. The maximum absolute atomic E-state index is 13.4. The van der Waals surface area contributed by atoms with Crippen molar-refractivity contribution in [2.75, 3.05) is 24.9 Å². The Morgan fingerprint density at radius 2 is 1.58 bits per heavy atom. The molecule has 4 aromatic rings. The summed E-state index contributed by atoms with van der Waals surface area (Å²) in [5.41, 5.74) is 0.913. The van der Waals surface area contributed by atoms with Crippen LogP contribution in [0.3, 0.4) is 0 Å². The lowest BCUT2D eigenvalue weighted by molar-refractivity contribution is -0.147. The molecule has 3 N–H and O–H groups in total. The summed E-state index contributed by atoms with van der Waals surface area (Å²) in [4.78, 5) is 49.3. The number of hydrogen-bond acceptors (Lipinski definition) is 7. The molecule has 3 aromatic carbocycles. The number of carboxylic acids is 1. The Bertz CT molecular complexity index is 1510. The van der Waals surface area contributed by atoms with Crippen molar-refractivity contribution in [3.63, 3.8) is 0 Å². The van der Waals surface area contributed by atoms with Crippen LogP contribution in [0.5, 0.6) is 11.5 Å². The number of amides is 2. The molecule has 0 aliphatic carbocycles. The first-order valence-electron chi connectivity index (χ1n) is 10.5. The van der Waals surface area contributed by atoms with Crippen LogP contribution in [0.15, 0.2) is 66.0 Å². The number of ether oxygens (including phenoxy) is 2. The summed E-state index contributed by atoms with van der Waals surface area (Å²) in [6.45, 7) is 0. The fourth-order valence-corrected chi connectivity index (χ4v) is 4.52. The van der Waals surface area contributed by atoms with E-state index in [0.717, 1.165) is 10.1 Å². The lowest BCUT2D eigenvalue weighted by Gasteiger charge is -2.14. The highest BCUT2D eigenvalue weighted by atomic mass is 32.1. The summed E-state index contributed by atoms with van der Waals surface area (Å²) in [6, 6.07) is 16.2. The number of hydrogen-bond donors (Lipinski definition) is 3. The van der Waals surface area contributed by atoms with Gasteiger partial charge in [0.15, 0.2) is 17.3 Å². The summed E-state index contributed by atoms with van der Waals surface area (Å²) < 4.78 is 11.4. The molecule has 4 rings (SSSR count). The first kappa shape index (κ1) is 24.4. The van der Waals surface area contributed by atoms with E-state index in [-0.39, 0.29) is 28.4 Å². The second kappa shape index (κ2) is 10.3. The number of rotatable bonds is 7. The van der Waals surface area contributed by atoms with Crippen molar-refractivity contribution in [2.24, 2.45) is 0 Å². The van der Waals surface area contributed by atoms with Crippen LogP contribution in [0, 0.1) is 0 Å². The van der Waals surface area contributed by atoms with Crippen LogP contribution in [0.2, 0.25) is 0 Å². The molecule has 0 saturated carbocycles. The summed E-state index contributed by atoms with van der Waals surface area (Å²) in [5, 5.41) is 16.5. The smallest absolute Gasteiger partial charge is 0.394 e. The van der Waals surface area contributed by atoms with Gasteiger partial charge in [0, 0.05) is 32.3 Å². The van der Waals surface area contributed by atoms with Crippen molar-refractivity contribution >= 4 is 56.4 Å². The molecule has 0 radical (unpaired) electrons. The first-order chi connectivity index (χ1) is 17.3. The van der Waals surface area contributed by atoms with Gasteiger partial charge in [-0.15, -0.1) is 11.3 Å². The largest absolute Gasteiger partial charge is 0.493 e. The van der Waals surface area contributed by atoms with Crippen molar-refractivity contribution in [3.8, 4) is 11.5 Å². The molecule has 10 heteroatoms. The van der Waals surface area contributed by atoms with Crippen molar-refractivity contribution in [3.05, 3.63) is 82.7 Å². The molecule has 0 atom stereocenters. The predicted molar refractivity (Wildman–Crippen MR) is 135 cm³/mol. The fourth-order valence-electron chi connectivity index (χ4n) is 3.58. The van der Waals surface area contributed by atoms with Crippen LogP contribution in [-0.4, -0.2) is 42.9 Å². The average Bonchev–Trinajstić information content (AvgIpc) is 3.33. The fraction of sp³-hybridized carbons (Fsp3) is 0.0769. The van der Waals surface area contributed by atoms with Gasteiger partial charge in [-0.3, -0.25) is 14.4 Å². The van der Waals surface area contributed by atoms with Gasteiger partial charge in [0.05, 0.1) is 25.5 Å². The van der Waals surface area contributed by atoms with Gasteiger partial charge in [-0.2, -0.15) is 0 Å². The molecule has 36 heavy (non-hydrogen) atoms. The molecular weight excluding hydrogens is 484 g/mol. The third-order valence-electron chi connectivity index (χ3n) is 5.34. The first-order valence-corrected chi connectivity index (χ1v) is 11.4. The third-order valence-corrected chi connectivity index (χ3v) is 6.30. The van der Waals surface area contributed by atoms with Gasteiger partial charge in [0.25, 0.3) is 5.91 Å². The topological polar surface area (TPSA) is 131 Å². The normalized spacial score (nSPS) is 10.5. The highest BCUT2D eigenvalue weighted by Crippen LogP contribution is 2.31. The number of carbonyl (C=O) groups is 4. The Morgan fingerprint density at radius 1 is 0.833 bits per heavy atom. The SMILES string of the molecule is COc1ccc(C(=O)c2cc(NC(=O)c3csc4ccccc34)ccc2NC(=O)C(=O)O)cc1OC. The van der Waals surface area contributed by atoms with Gasteiger partial charge in [-0.1, -0.05) is 18.2 Å². The summed E-state index contributed by atoms with van der Waals surface area (Å²) in [7, 11) is 2.89. The second-order valence-corrected chi connectivity index (χ2v) is 8.43. The minimum absolute atomic E-state index is 0.0233. The lowest BCUT2D eigenvalue weighted by Crippen LogP contribution is -2.23. The Labute approximate surface area is 209 Å². The average molecular weight is 505 g/mol. The summed E-state index contributed by atoms with van der Waals surface area (Å²) in [5.74, 6) is -3.20. The number of anilines is 2. The van der Waals surface area contributed by atoms with E-state index < -0.39 is 17.7 Å². The van der Waals surface area contributed by atoms with Crippen molar-refractivity contribution in [1.82, 2.24) is 0 Å². The molecule has 9 nitrogen and oxygen atoms in total. The summed E-state index contributed by atoms with van der Waals surface area (Å²) in [6.07, 6.45) is 0. The molecule has 182 valence electrons. The zero-order valence-corrected chi connectivity index (χ0v) is 20.0. The standard InChI is InChI=1S/C26H20N2O7S/c1-34-20-10-7-14(11-21(20)35-2)23(29)17-12-15(8-9-19(17)28-25(31)26(32)33)27-24(30)18-13-36-22-6-4-3-5-16(18)22/h3-13H,1-2H3,(H,27,30)(H,28,31)(H,32,33). The molecule has 0 aliphatic rings. The van der Waals surface area contributed by atoms with Crippen LogP contribution < -0.4 is 20.1 Å². The molecule has 0 fully saturated rings. The zero-order valence-electron chi connectivity index (χ0n) is 19.2. The number of nitrogens with one attached hydrogen (secondary N) is 2. The van der Waals surface area contributed by atoms with Crippen LogP contribution in [0.4, 0.5) is 11.4 Å². The van der Waals surface area contributed by atoms with E-state index in [1.54, 1.807) is 11.4 Å². The van der Waals surface area contributed by atoms with Gasteiger partial charge >= 0.3 is 11.9 Å². The van der Waals surface area contributed by atoms with Crippen molar-refractivity contribution in [1.29, 1.82) is 0 Å². The Morgan fingerprint density at radius 3 is 2.31 bits per heavy atom. The highest BCUT2D eigenvalue weighted by molar-refractivity contribution is 7.17. The van der Waals surface area contributed by atoms with E-state index in [4.69, 9.17) is 14.6 Å². The number of carboxylic acid groups (broad SMARTS) is 1.